The van der Waals surface area contributed by atoms with Gasteiger partial charge in [-0.1, -0.05) is 25.1 Å². The summed E-state index contributed by atoms with van der Waals surface area (Å²) in [7, 11) is 0. The molecule has 136 valence electrons. The predicted octanol–water partition coefficient (Wildman–Crippen LogP) is 2.41. The summed E-state index contributed by atoms with van der Waals surface area (Å²) >= 11 is 0. The van der Waals surface area contributed by atoms with Crippen molar-refractivity contribution in [1.29, 1.82) is 0 Å². The van der Waals surface area contributed by atoms with Gasteiger partial charge in [-0.25, -0.2) is 4.79 Å². The fourth-order valence-corrected chi connectivity index (χ4v) is 3.49. The Labute approximate surface area is 149 Å². The van der Waals surface area contributed by atoms with Gasteiger partial charge in [-0.05, 0) is 37.3 Å². The highest BCUT2D eigenvalue weighted by molar-refractivity contribution is 5.91. The third-order valence-corrected chi connectivity index (χ3v) is 5.06. The third kappa shape index (κ3) is 3.95. The Bertz CT molecular complexity index is 633. The maximum absolute atomic E-state index is 12.6. The van der Waals surface area contributed by atoms with Crippen LogP contribution in [-0.2, 0) is 16.0 Å². The number of nitrogens with one attached hydrogen (secondary N) is 1. The van der Waals surface area contributed by atoms with E-state index in [-0.39, 0.29) is 18.0 Å². The minimum Gasteiger partial charge on any atom is -0.368 e. The first-order chi connectivity index (χ1) is 12.1. The number of benzene rings is 1. The predicted molar refractivity (Wildman–Crippen MR) is 96.7 cm³/mol. The molecule has 3 rings (SSSR count). The quantitative estimate of drug-likeness (QED) is 0.915. The molecule has 0 spiro atoms. The lowest BCUT2D eigenvalue weighted by Gasteiger charge is -2.35. The van der Waals surface area contributed by atoms with E-state index in [1.807, 2.05) is 30.0 Å². The lowest BCUT2D eigenvalue weighted by atomic mass is 10.1. The van der Waals surface area contributed by atoms with Gasteiger partial charge in [-0.15, -0.1) is 0 Å². The number of carbonyl (C=O) groups is 2. The number of carbonyl (C=O) groups excluding carboxylic acids is 2. The van der Waals surface area contributed by atoms with Crippen LogP contribution < -0.4 is 5.32 Å². The minimum atomic E-state index is -0.278. The first-order valence-corrected chi connectivity index (χ1v) is 9.15. The largest absolute Gasteiger partial charge is 0.368 e. The minimum absolute atomic E-state index is 0.0738. The highest BCUT2D eigenvalue weighted by atomic mass is 16.5. The molecule has 1 unspecified atom stereocenters. The van der Waals surface area contributed by atoms with Crippen molar-refractivity contribution in [3.63, 3.8) is 0 Å². The molecule has 6 nitrogen and oxygen atoms in total. The van der Waals surface area contributed by atoms with Crippen LogP contribution in [0.15, 0.2) is 18.2 Å². The number of para-hydroxylation sites is 1. The Kier molecular flexibility index (Phi) is 5.58. The number of aryl methyl sites for hydroxylation is 2. The van der Waals surface area contributed by atoms with E-state index < -0.39 is 0 Å². The van der Waals surface area contributed by atoms with Gasteiger partial charge in [0.25, 0.3) is 5.91 Å². The van der Waals surface area contributed by atoms with Crippen LogP contribution in [0.4, 0.5) is 10.5 Å². The van der Waals surface area contributed by atoms with Gasteiger partial charge in [0, 0.05) is 38.5 Å². The van der Waals surface area contributed by atoms with E-state index in [9.17, 15) is 9.59 Å². The Morgan fingerprint density at radius 2 is 1.92 bits per heavy atom. The van der Waals surface area contributed by atoms with Crippen molar-refractivity contribution < 1.29 is 14.3 Å². The number of anilines is 1. The summed E-state index contributed by atoms with van der Waals surface area (Å²) in [5.41, 5.74) is 3.12. The number of amides is 3. The number of urea groups is 1. The van der Waals surface area contributed by atoms with Gasteiger partial charge in [0.05, 0.1) is 0 Å². The molecule has 2 aliphatic rings. The lowest BCUT2D eigenvalue weighted by molar-refractivity contribution is -0.142. The standard InChI is InChI=1S/C19H27N3O3/c1-3-15-7-4-6-14(2)17(15)20-19(24)22-11-9-21(10-12-22)18(23)16-8-5-13-25-16/h4,6-7,16H,3,5,8-13H2,1-2H3,(H,20,24). The normalized spacial score (nSPS) is 20.6. The average Bonchev–Trinajstić information content (AvgIpc) is 3.17. The summed E-state index contributed by atoms with van der Waals surface area (Å²) in [4.78, 5) is 28.6. The van der Waals surface area contributed by atoms with Crippen molar-refractivity contribution in [3.05, 3.63) is 29.3 Å². The van der Waals surface area contributed by atoms with E-state index in [4.69, 9.17) is 4.74 Å². The summed E-state index contributed by atoms with van der Waals surface area (Å²) in [6, 6.07) is 5.97. The fraction of sp³-hybridized carbons (Fsp3) is 0.579. The van der Waals surface area contributed by atoms with Crippen molar-refractivity contribution in [2.75, 3.05) is 38.1 Å². The molecule has 3 amide bonds. The molecule has 6 heteroatoms. The number of rotatable bonds is 3. The summed E-state index contributed by atoms with van der Waals surface area (Å²) < 4.78 is 5.48. The van der Waals surface area contributed by atoms with Crippen LogP contribution in [0.5, 0.6) is 0 Å². The monoisotopic (exact) mass is 345 g/mol. The Balaban J connectivity index is 1.56. The summed E-state index contributed by atoms with van der Waals surface area (Å²) in [5.74, 6) is 0.0738. The van der Waals surface area contributed by atoms with Gasteiger partial charge in [0.1, 0.15) is 6.10 Å². The molecular weight excluding hydrogens is 318 g/mol. The van der Waals surface area contributed by atoms with E-state index in [1.165, 1.54) is 0 Å². The first-order valence-electron chi connectivity index (χ1n) is 9.15. The van der Waals surface area contributed by atoms with Crippen LogP contribution in [-0.4, -0.2) is 60.6 Å². The molecular formula is C19H27N3O3. The maximum atomic E-state index is 12.6. The van der Waals surface area contributed by atoms with Gasteiger partial charge in [-0.2, -0.15) is 0 Å². The van der Waals surface area contributed by atoms with E-state index in [0.29, 0.717) is 32.8 Å². The third-order valence-electron chi connectivity index (χ3n) is 5.06. The molecule has 1 aromatic rings. The van der Waals surface area contributed by atoms with Crippen molar-refractivity contribution in [3.8, 4) is 0 Å². The smallest absolute Gasteiger partial charge is 0.321 e. The molecule has 1 aromatic carbocycles. The fourth-order valence-electron chi connectivity index (χ4n) is 3.49. The Morgan fingerprint density at radius 3 is 2.56 bits per heavy atom. The van der Waals surface area contributed by atoms with Crippen LogP contribution in [0.1, 0.15) is 30.9 Å². The van der Waals surface area contributed by atoms with Gasteiger partial charge >= 0.3 is 6.03 Å². The molecule has 0 bridgehead atoms. The van der Waals surface area contributed by atoms with Crippen LogP contribution >= 0.6 is 0 Å². The summed E-state index contributed by atoms with van der Waals surface area (Å²) in [6.45, 7) is 7.01. The van der Waals surface area contributed by atoms with Gasteiger partial charge in [-0.3, -0.25) is 4.79 Å². The number of hydrogen-bond acceptors (Lipinski definition) is 3. The molecule has 0 saturated carbocycles. The molecule has 1 atom stereocenters. The molecule has 0 aromatic heterocycles. The van der Waals surface area contributed by atoms with Crippen molar-refractivity contribution in [2.24, 2.45) is 0 Å². The molecule has 1 N–H and O–H groups in total. The van der Waals surface area contributed by atoms with Crippen molar-refractivity contribution in [2.45, 2.75) is 39.2 Å². The molecule has 2 heterocycles. The number of hydrogen-bond donors (Lipinski definition) is 1. The molecule has 0 radical (unpaired) electrons. The van der Waals surface area contributed by atoms with Crippen LogP contribution in [0, 0.1) is 6.92 Å². The van der Waals surface area contributed by atoms with Gasteiger partial charge in [0.15, 0.2) is 0 Å². The SMILES string of the molecule is CCc1cccc(C)c1NC(=O)N1CCN(C(=O)C2CCCO2)CC1. The van der Waals surface area contributed by atoms with E-state index in [0.717, 1.165) is 36.1 Å². The average molecular weight is 345 g/mol. The van der Waals surface area contributed by atoms with Crippen molar-refractivity contribution in [1.82, 2.24) is 9.80 Å². The number of piperazine rings is 1. The lowest BCUT2D eigenvalue weighted by Crippen LogP contribution is -2.53. The number of ether oxygens (including phenoxy) is 1. The first kappa shape index (κ1) is 17.7. The topological polar surface area (TPSA) is 61.9 Å². The zero-order valence-electron chi connectivity index (χ0n) is 15.1. The van der Waals surface area contributed by atoms with E-state index in [1.54, 1.807) is 4.90 Å². The second-order valence-electron chi connectivity index (χ2n) is 6.71. The molecule has 2 fully saturated rings. The van der Waals surface area contributed by atoms with Crippen molar-refractivity contribution >= 4 is 17.6 Å². The van der Waals surface area contributed by atoms with Gasteiger partial charge < -0.3 is 19.9 Å². The van der Waals surface area contributed by atoms with E-state index >= 15 is 0 Å². The molecule has 2 aliphatic heterocycles. The Morgan fingerprint density at radius 1 is 1.20 bits per heavy atom. The molecule has 2 saturated heterocycles. The highest BCUT2D eigenvalue weighted by Gasteiger charge is 2.31. The van der Waals surface area contributed by atoms with E-state index in [2.05, 4.69) is 12.2 Å². The van der Waals surface area contributed by atoms with Crippen LogP contribution in [0.2, 0.25) is 0 Å². The highest BCUT2D eigenvalue weighted by Crippen LogP contribution is 2.22. The second-order valence-corrected chi connectivity index (χ2v) is 6.71. The molecule has 0 aliphatic carbocycles. The van der Waals surface area contributed by atoms with Crippen LogP contribution in [0.25, 0.3) is 0 Å². The zero-order valence-corrected chi connectivity index (χ0v) is 15.1. The van der Waals surface area contributed by atoms with Gasteiger partial charge in [0.2, 0.25) is 0 Å². The van der Waals surface area contributed by atoms with Crippen LogP contribution in [0.3, 0.4) is 0 Å². The molecule has 25 heavy (non-hydrogen) atoms. The Hall–Kier alpha value is -2.08. The summed E-state index contributed by atoms with van der Waals surface area (Å²) in [5, 5.41) is 3.06. The number of nitrogens with zero attached hydrogens (tertiary/aromatic N) is 2. The zero-order chi connectivity index (χ0) is 17.8. The summed E-state index contributed by atoms with van der Waals surface area (Å²) in [6.07, 6.45) is 2.36. The maximum Gasteiger partial charge on any atom is 0.321 e. The second kappa shape index (κ2) is 7.87.